The Morgan fingerprint density at radius 3 is 2.09 bits per heavy atom. The van der Waals surface area contributed by atoms with E-state index in [-0.39, 0.29) is 14.1 Å². The lowest BCUT2D eigenvalue weighted by Gasteiger charge is -2.57. The Balaban J connectivity index is 1.77. The fraction of sp³-hybridized carbons (Fsp3) is 0.556. The Kier molecular flexibility index (Phi) is 3.58. The molecule has 4 saturated carbocycles. The predicted octanol–water partition coefficient (Wildman–Crippen LogP) is 2.83. The van der Waals surface area contributed by atoms with Crippen molar-refractivity contribution < 1.29 is 0 Å². The van der Waals surface area contributed by atoms with E-state index >= 15 is 0 Å². The van der Waals surface area contributed by atoms with Crippen LogP contribution in [-0.2, 0) is 5.41 Å². The van der Waals surface area contributed by atoms with Gasteiger partial charge in [-0.2, -0.15) is 0 Å². The third-order valence-electron chi connectivity index (χ3n) is 6.42. The lowest BCUT2D eigenvalue weighted by molar-refractivity contribution is -0.00484. The Morgan fingerprint density at radius 2 is 1.57 bits per heavy atom. The van der Waals surface area contributed by atoms with Gasteiger partial charge in [0.15, 0.2) is 0 Å². The highest BCUT2D eigenvalue weighted by atomic mass is 31.1. The van der Waals surface area contributed by atoms with Crippen molar-refractivity contribution in [3.8, 4) is 0 Å². The minimum atomic E-state index is 0.0414. The zero-order valence-corrected chi connectivity index (χ0v) is 14.5. The average molecular weight is 330 g/mol. The predicted molar refractivity (Wildman–Crippen MR) is 98.5 cm³/mol. The smallest absolute Gasteiger partial charge is 0.0673 e. The van der Waals surface area contributed by atoms with Gasteiger partial charge in [0.25, 0.3) is 0 Å². The van der Waals surface area contributed by atoms with E-state index in [0.29, 0.717) is 11.1 Å². The molecule has 0 spiro atoms. The van der Waals surface area contributed by atoms with Crippen molar-refractivity contribution >= 4 is 20.1 Å². The van der Waals surface area contributed by atoms with Crippen LogP contribution in [-0.4, -0.2) is 0 Å². The van der Waals surface area contributed by atoms with Crippen molar-refractivity contribution in [3.05, 3.63) is 34.8 Å². The molecule has 0 amide bonds. The summed E-state index contributed by atoms with van der Waals surface area (Å²) in [6.07, 6.45) is 8.19. The number of nitrogen functional groups attached to an aromatic ring is 1. The van der Waals surface area contributed by atoms with Crippen LogP contribution < -0.4 is 22.7 Å². The molecule has 4 aliphatic rings. The number of hydrogen-bond donors (Lipinski definition) is 4. The van der Waals surface area contributed by atoms with Gasteiger partial charge in [0, 0.05) is 11.3 Å². The molecule has 0 aliphatic heterocycles. The van der Waals surface area contributed by atoms with Crippen LogP contribution in [0.2, 0.25) is 0 Å². The molecule has 0 saturated heterocycles. The zero-order chi connectivity index (χ0) is 16.2. The van der Waals surface area contributed by atoms with Crippen molar-refractivity contribution in [2.45, 2.75) is 43.9 Å². The Labute approximate surface area is 139 Å². The lowest BCUT2D eigenvalue weighted by atomic mass is 9.48. The van der Waals surface area contributed by atoms with Gasteiger partial charge < -0.3 is 22.7 Å². The van der Waals surface area contributed by atoms with Crippen LogP contribution in [0, 0.1) is 17.8 Å². The van der Waals surface area contributed by atoms with E-state index < -0.39 is 0 Å². The highest BCUT2D eigenvalue weighted by molar-refractivity contribution is 7.40. The third-order valence-corrected chi connectivity index (χ3v) is 7.00. The second-order valence-corrected chi connectivity index (χ2v) is 8.80. The van der Waals surface area contributed by atoms with Gasteiger partial charge in [-0.1, -0.05) is 6.07 Å². The van der Waals surface area contributed by atoms with E-state index in [0.717, 1.165) is 29.0 Å². The van der Waals surface area contributed by atoms with Gasteiger partial charge in [-0.05, 0) is 88.1 Å². The first kappa shape index (κ1) is 15.3. The van der Waals surface area contributed by atoms with E-state index in [4.69, 9.17) is 22.7 Å². The summed E-state index contributed by atoms with van der Waals surface area (Å²) in [6.45, 7) is 0. The fourth-order valence-electron chi connectivity index (χ4n) is 5.86. The molecular weight excluding hydrogens is 303 g/mol. The molecule has 1 aromatic rings. The lowest BCUT2D eigenvalue weighted by Crippen LogP contribution is -2.48. The monoisotopic (exact) mass is 330 g/mol. The molecule has 23 heavy (non-hydrogen) atoms. The first-order valence-corrected chi connectivity index (χ1v) is 9.70. The molecule has 4 nitrogen and oxygen atoms in total. The summed E-state index contributed by atoms with van der Waals surface area (Å²) in [7, 11) is 0.0414. The summed E-state index contributed by atoms with van der Waals surface area (Å²) in [5.74, 6) is 2.69. The molecule has 5 rings (SSSR count). The molecule has 4 aliphatic carbocycles. The van der Waals surface area contributed by atoms with Crippen molar-refractivity contribution in [2.75, 3.05) is 5.73 Å². The highest BCUT2D eigenvalue weighted by Gasteiger charge is 2.52. The van der Waals surface area contributed by atoms with Crippen molar-refractivity contribution in [2.24, 2.45) is 34.7 Å². The van der Waals surface area contributed by atoms with Crippen LogP contribution in [0.3, 0.4) is 0 Å². The molecule has 8 N–H and O–H groups in total. The summed E-state index contributed by atoms with van der Waals surface area (Å²) < 4.78 is 0. The number of hydrogen-bond acceptors (Lipinski definition) is 4. The van der Waals surface area contributed by atoms with E-state index in [1.54, 1.807) is 0 Å². The van der Waals surface area contributed by atoms with Crippen LogP contribution in [0.4, 0.5) is 5.69 Å². The fourth-order valence-corrected chi connectivity index (χ4v) is 6.16. The minimum Gasteiger partial charge on any atom is -0.398 e. The largest absolute Gasteiger partial charge is 0.398 e. The van der Waals surface area contributed by atoms with Crippen LogP contribution in [0.1, 0.15) is 49.7 Å². The molecule has 124 valence electrons. The zero-order valence-electron chi connectivity index (χ0n) is 13.5. The summed E-state index contributed by atoms with van der Waals surface area (Å²) in [5, 5.41) is 0. The third kappa shape index (κ3) is 2.43. The Morgan fingerprint density at radius 1 is 1.00 bits per heavy atom. The average Bonchev–Trinajstić information content (AvgIpc) is 2.52. The van der Waals surface area contributed by atoms with E-state index in [2.05, 4.69) is 6.07 Å². The highest BCUT2D eigenvalue weighted by Crippen LogP contribution is 2.61. The van der Waals surface area contributed by atoms with Gasteiger partial charge in [-0.15, -0.1) is 0 Å². The number of rotatable bonds is 3. The number of anilines is 1. The van der Waals surface area contributed by atoms with E-state index in [9.17, 15) is 0 Å². The molecule has 4 bridgehead atoms. The number of nitrogens with two attached hydrogens (primary N) is 4. The summed E-state index contributed by atoms with van der Waals surface area (Å²) in [6, 6.07) is 6.18. The van der Waals surface area contributed by atoms with Crippen molar-refractivity contribution in [1.29, 1.82) is 0 Å². The molecule has 0 aromatic heterocycles. The summed E-state index contributed by atoms with van der Waals surface area (Å²) in [5.41, 5.74) is 28.9. The first-order chi connectivity index (χ1) is 11.0. The van der Waals surface area contributed by atoms with Crippen LogP contribution in [0.15, 0.2) is 23.6 Å². The van der Waals surface area contributed by atoms with E-state index in [1.165, 1.54) is 44.1 Å². The maximum Gasteiger partial charge on any atom is 0.0673 e. The molecule has 5 heteroatoms. The molecular formula is C18H27N4P. The quantitative estimate of drug-likeness (QED) is 0.505. The van der Waals surface area contributed by atoms with E-state index in [1.807, 2.05) is 12.1 Å². The van der Waals surface area contributed by atoms with Crippen molar-refractivity contribution in [3.63, 3.8) is 0 Å². The van der Waals surface area contributed by atoms with Gasteiger partial charge >= 0.3 is 0 Å². The summed E-state index contributed by atoms with van der Waals surface area (Å²) >= 11 is 0. The second-order valence-electron chi connectivity index (χ2n) is 7.97. The maximum absolute atomic E-state index is 6.41. The van der Waals surface area contributed by atoms with Gasteiger partial charge in [-0.3, -0.25) is 0 Å². The number of benzene rings is 1. The Bertz CT molecular complexity index is 632. The van der Waals surface area contributed by atoms with Gasteiger partial charge in [-0.25, -0.2) is 0 Å². The van der Waals surface area contributed by atoms with Crippen LogP contribution in [0.5, 0.6) is 0 Å². The maximum atomic E-state index is 6.41. The summed E-state index contributed by atoms with van der Waals surface area (Å²) in [4.78, 5) is 0. The molecule has 1 unspecified atom stereocenters. The molecule has 1 atom stereocenters. The SMILES string of the molecule is NP/C(N)=C(\N)c1ccc(N)c(C23CC4CC(CC(C4)C2)C3)c1. The van der Waals surface area contributed by atoms with Crippen LogP contribution >= 0.6 is 8.73 Å². The normalized spacial score (nSPS) is 36.7. The van der Waals surface area contributed by atoms with Gasteiger partial charge in [0.05, 0.1) is 11.1 Å². The molecule has 0 heterocycles. The molecule has 0 radical (unpaired) electrons. The van der Waals surface area contributed by atoms with Gasteiger partial charge in [0.1, 0.15) is 0 Å². The standard InChI is InChI=1S/C18H27N4P/c19-15-2-1-13(16(20)17(21)23-22)6-14(15)18-7-10-3-11(8-18)5-12(4-10)9-18/h1-2,6,10-12,23H,3-5,7-9,19-22H2/b17-16-. The molecule has 1 aromatic carbocycles. The topological polar surface area (TPSA) is 104 Å². The van der Waals surface area contributed by atoms with Gasteiger partial charge in [0.2, 0.25) is 0 Å². The van der Waals surface area contributed by atoms with Crippen molar-refractivity contribution in [1.82, 2.24) is 0 Å². The minimum absolute atomic E-state index is 0.0414. The first-order valence-electron chi connectivity index (χ1n) is 8.63. The van der Waals surface area contributed by atoms with Crippen LogP contribution in [0.25, 0.3) is 5.70 Å². The second kappa shape index (κ2) is 5.39. The molecule has 4 fully saturated rings. The Hall–Kier alpha value is -1.25.